The predicted molar refractivity (Wildman–Crippen MR) is 139 cm³/mol. The molecule has 0 saturated carbocycles. The number of pyridine rings is 1. The standard InChI is InChI=1S/C27H27N5O3S/c1-16-14-19(35-18-7-3-2-4-8-18)9-10-20(16)32-21-11-13-29-26-22(21)23(31-27(32)34)24(36-26)25(33)30-15-17-6-5-12-28-17/h2-4,7-11,13-14,17,23-24,28H,5-6,12,15H2,1H3,(H,30,33)(H,31,34)/t17?,23?,24-/m0/s1. The Kier molecular flexibility index (Phi) is 6.02. The third kappa shape index (κ3) is 4.18. The molecule has 1 fully saturated rings. The Morgan fingerprint density at radius 1 is 1.17 bits per heavy atom. The molecule has 0 spiro atoms. The van der Waals surface area contributed by atoms with Crippen LogP contribution >= 0.6 is 11.8 Å². The number of amides is 3. The predicted octanol–water partition coefficient (Wildman–Crippen LogP) is 4.43. The summed E-state index contributed by atoms with van der Waals surface area (Å²) in [4.78, 5) is 32.7. The summed E-state index contributed by atoms with van der Waals surface area (Å²) in [6, 6.07) is 16.7. The topological polar surface area (TPSA) is 95.6 Å². The van der Waals surface area contributed by atoms with E-state index in [0.29, 0.717) is 18.3 Å². The third-order valence-corrected chi connectivity index (χ3v) is 8.13. The number of aromatic nitrogens is 1. The monoisotopic (exact) mass is 501 g/mol. The molecule has 3 amide bonds. The van der Waals surface area contributed by atoms with E-state index in [2.05, 4.69) is 20.9 Å². The molecule has 1 saturated heterocycles. The number of aryl methyl sites for hydroxylation is 1. The zero-order valence-electron chi connectivity index (χ0n) is 19.9. The highest BCUT2D eigenvalue weighted by molar-refractivity contribution is 8.01. The van der Waals surface area contributed by atoms with Crippen molar-refractivity contribution in [1.82, 2.24) is 20.9 Å². The summed E-state index contributed by atoms with van der Waals surface area (Å²) in [7, 11) is 0. The molecule has 3 atom stereocenters. The number of hydrogen-bond acceptors (Lipinski definition) is 6. The van der Waals surface area contributed by atoms with Crippen LogP contribution in [-0.2, 0) is 4.79 Å². The van der Waals surface area contributed by atoms with Crippen molar-refractivity contribution >= 4 is 35.1 Å². The van der Waals surface area contributed by atoms with Gasteiger partial charge < -0.3 is 20.7 Å². The number of ether oxygens (including phenoxy) is 1. The maximum absolute atomic E-state index is 13.4. The van der Waals surface area contributed by atoms with E-state index >= 15 is 0 Å². The number of nitrogens with one attached hydrogen (secondary N) is 3. The Labute approximate surface area is 213 Å². The van der Waals surface area contributed by atoms with E-state index in [9.17, 15) is 9.59 Å². The summed E-state index contributed by atoms with van der Waals surface area (Å²) < 4.78 is 5.96. The summed E-state index contributed by atoms with van der Waals surface area (Å²) in [5.74, 6) is 1.37. The Bertz CT molecular complexity index is 1310. The van der Waals surface area contributed by atoms with Crippen LogP contribution in [0.15, 0.2) is 65.8 Å². The van der Waals surface area contributed by atoms with Crippen LogP contribution in [0.3, 0.4) is 0 Å². The van der Waals surface area contributed by atoms with Crippen molar-refractivity contribution in [2.75, 3.05) is 18.0 Å². The molecule has 0 bridgehead atoms. The lowest BCUT2D eigenvalue weighted by atomic mass is 9.99. The Morgan fingerprint density at radius 3 is 2.81 bits per heavy atom. The summed E-state index contributed by atoms with van der Waals surface area (Å²) >= 11 is 1.42. The first-order valence-electron chi connectivity index (χ1n) is 12.2. The van der Waals surface area contributed by atoms with E-state index in [1.807, 2.05) is 61.5 Å². The van der Waals surface area contributed by atoms with Gasteiger partial charge in [0.25, 0.3) is 0 Å². The molecular weight excluding hydrogens is 474 g/mol. The number of para-hydroxylation sites is 1. The number of urea groups is 1. The molecule has 1 aromatic heterocycles. The van der Waals surface area contributed by atoms with Crippen LogP contribution in [0.1, 0.15) is 30.0 Å². The number of carbonyl (C=O) groups excluding carboxylic acids is 2. The van der Waals surface area contributed by atoms with Gasteiger partial charge in [-0.15, -0.1) is 0 Å². The van der Waals surface area contributed by atoms with Crippen molar-refractivity contribution in [3.05, 3.63) is 71.9 Å². The average Bonchev–Trinajstić information content (AvgIpc) is 3.53. The molecule has 0 radical (unpaired) electrons. The maximum Gasteiger partial charge on any atom is 0.327 e. The van der Waals surface area contributed by atoms with Crippen LogP contribution in [0.25, 0.3) is 0 Å². The summed E-state index contributed by atoms with van der Waals surface area (Å²) in [6.45, 7) is 3.54. The van der Waals surface area contributed by atoms with Gasteiger partial charge in [0, 0.05) is 24.3 Å². The van der Waals surface area contributed by atoms with Gasteiger partial charge in [-0.1, -0.05) is 30.0 Å². The molecule has 6 rings (SSSR count). The van der Waals surface area contributed by atoms with Crippen molar-refractivity contribution in [3.8, 4) is 11.5 Å². The van der Waals surface area contributed by atoms with Gasteiger partial charge >= 0.3 is 6.03 Å². The van der Waals surface area contributed by atoms with Crippen LogP contribution in [0.5, 0.6) is 11.5 Å². The van der Waals surface area contributed by atoms with Crippen LogP contribution in [0, 0.1) is 6.92 Å². The second kappa shape index (κ2) is 9.48. The lowest BCUT2D eigenvalue weighted by Gasteiger charge is -2.35. The van der Waals surface area contributed by atoms with E-state index in [4.69, 9.17) is 4.74 Å². The van der Waals surface area contributed by atoms with Crippen LogP contribution in [-0.4, -0.2) is 41.3 Å². The van der Waals surface area contributed by atoms with Gasteiger partial charge in [-0.3, -0.25) is 9.69 Å². The van der Waals surface area contributed by atoms with Crippen molar-refractivity contribution in [3.63, 3.8) is 0 Å². The van der Waals surface area contributed by atoms with Gasteiger partial charge in [0.1, 0.15) is 21.8 Å². The first-order valence-corrected chi connectivity index (χ1v) is 13.1. The SMILES string of the molecule is Cc1cc(Oc2ccccc2)ccc1N1C(=O)NC2c3c1ccnc3S[C@@H]2C(=O)NCC1CCCN1. The number of rotatable bonds is 6. The first-order chi connectivity index (χ1) is 17.6. The van der Waals surface area contributed by atoms with Gasteiger partial charge in [0.05, 0.1) is 17.4 Å². The van der Waals surface area contributed by atoms with Crippen LogP contribution in [0.2, 0.25) is 0 Å². The number of anilines is 2. The minimum Gasteiger partial charge on any atom is -0.457 e. The molecule has 3 aromatic rings. The fourth-order valence-corrected chi connectivity index (χ4v) is 6.34. The number of thioether (sulfide) groups is 1. The van der Waals surface area contributed by atoms with Gasteiger partial charge in [0.2, 0.25) is 5.91 Å². The van der Waals surface area contributed by atoms with Crippen molar-refractivity contribution in [1.29, 1.82) is 0 Å². The maximum atomic E-state index is 13.4. The highest BCUT2D eigenvalue weighted by atomic mass is 32.2. The van der Waals surface area contributed by atoms with E-state index in [1.54, 1.807) is 11.1 Å². The summed E-state index contributed by atoms with van der Waals surface area (Å²) in [5.41, 5.74) is 3.30. The van der Waals surface area contributed by atoms with E-state index in [0.717, 1.165) is 52.7 Å². The van der Waals surface area contributed by atoms with E-state index < -0.39 is 11.3 Å². The summed E-state index contributed by atoms with van der Waals surface area (Å²) in [6.07, 6.45) is 3.90. The lowest BCUT2D eigenvalue weighted by Crippen LogP contribution is -2.50. The molecule has 4 heterocycles. The molecule has 36 heavy (non-hydrogen) atoms. The number of hydrogen-bond donors (Lipinski definition) is 3. The van der Waals surface area contributed by atoms with Crippen molar-refractivity contribution in [2.24, 2.45) is 0 Å². The Hall–Kier alpha value is -3.56. The lowest BCUT2D eigenvalue weighted by molar-refractivity contribution is -0.121. The number of carbonyl (C=O) groups is 2. The van der Waals surface area contributed by atoms with Gasteiger partial charge in [-0.25, -0.2) is 9.78 Å². The fourth-order valence-electron chi connectivity index (χ4n) is 5.09. The molecule has 3 aliphatic rings. The number of nitrogens with zero attached hydrogens (tertiary/aromatic N) is 2. The number of benzene rings is 2. The van der Waals surface area contributed by atoms with Crippen molar-refractivity contribution < 1.29 is 14.3 Å². The third-order valence-electron chi connectivity index (χ3n) is 6.84. The van der Waals surface area contributed by atoms with Crippen LogP contribution in [0.4, 0.5) is 16.2 Å². The molecule has 3 aliphatic heterocycles. The van der Waals surface area contributed by atoms with Crippen molar-refractivity contribution in [2.45, 2.75) is 42.1 Å². The molecular formula is C27H27N5O3S. The highest BCUT2D eigenvalue weighted by Crippen LogP contribution is 2.51. The largest absolute Gasteiger partial charge is 0.457 e. The van der Waals surface area contributed by atoms with Gasteiger partial charge in [-0.05, 0) is 68.3 Å². The molecule has 9 heteroatoms. The molecule has 2 unspecified atom stereocenters. The fraction of sp³-hybridized carbons (Fsp3) is 0.296. The minimum atomic E-state index is -0.455. The zero-order valence-corrected chi connectivity index (χ0v) is 20.7. The van der Waals surface area contributed by atoms with Gasteiger partial charge in [-0.2, -0.15) is 0 Å². The summed E-state index contributed by atoms with van der Waals surface area (Å²) in [5, 5.41) is 9.88. The zero-order chi connectivity index (χ0) is 24.6. The second-order valence-electron chi connectivity index (χ2n) is 9.25. The van der Waals surface area contributed by atoms with E-state index in [1.165, 1.54) is 11.8 Å². The average molecular weight is 502 g/mol. The normalized spacial score (nSPS) is 22.2. The highest BCUT2D eigenvalue weighted by Gasteiger charge is 2.46. The first kappa shape index (κ1) is 22.9. The molecule has 184 valence electrons. The molecule has 2 aromatic carbocycles. The molecule has 3 N–H and O–H groups in total. The Balaban J connectivity index is 1.25. The smallest absolute Gasteiger partial charge is 0.327 e. The van der Waals surface area contributed by atoms with E-state index in [-0.39, 0.29) is 11.9 Å². The minimum absolute atomic E-state index is 0.0741. The molecule has 0 aliphatic carbocycles. The Morgan fingerprint density at radius 2 is 2.03 bits per heavy atom. The van der Waals surface area contributed by atoms with Crippen LogP contribution < -0.4 is 25.6 Å². The molecule has 8 nitrogen and oxygen atoms in total. The van der Waals surface area contributed by atoms with Gasteiger partial charge in [0.15, 0.2) is 0 Å². The quantitative estimate of drug-likeness (QED) is 0.463. The second-order valence-corrected chi connectivity index (χ2v) is 10.4.